The van der Waals surface area contributed by atoms with Crippen LogP contribution in [0.4, 0.5) is 0 Å². The predicted octanol–water partition coefficient (Wildman–Crippen LogP) is 0.464. The number of nitrogens with one attached hydrogen (secondary N) is 2. The maximum atomic E-state index is 11.8. The fourth-order valence-electron chi connectivity index (χ4n) is 1.91. The molecule has 5 heteroatoms. The summed E-state index contributed by atoms with van der Waals surface area (Å²) in [5, 5.41) is 5.99. The highest BCUT2D eigenvalue weighted by Crippen LogP contribution is 2.30. The largest absolute Gasteiger partial charge is 0.497 e. The summed E-state index contributed by atoms with van der Waals surface area (Å²) in [5.74, 6) is 1.33. The Morgan fingerprint density at radius 2 is 2.06 bits per heavy atom. The highest BCUT2D eigenvalue weighted by Gasteiger charge is 2.26. The minimum Gasteiger partial charge on any atom is -0.497 e. The van der Waals surface area contributed by atoms with Crippen molar-refractivity contribution in [3.8, 4) is 11.5 Å². The molecule has 0 aromatic heterocycles. The van der Waals surface area contributed by atoms with Crippen molar-refractivity contribution < 1.29 is 14.3 Å². The summed E-state index contributed by atoms with van der Waals surface area (Å²) >= 11 is 0. The molecule has 17 heavy (non-hydrogen) atoms. The second-order valence-corrected chi connectivity index (χ2v) is 3.79. The van der Waals surface area contributed by atoms with Crippen LogP contribution >= 0.6 is 0 Å². The molecule has 5 nitrogen and oxygen atoms in total. The first kappa shape index (κ1) is 11.7. The lowest BCUT2D eigenvalue weighted by molar-refractivity contribution is -0.124. The van der Waals surface area contributed by atoms with Gasteiger partial charge in [0.25, 0.3) is 0 Å². The summed E-state index contributed by atoms with van der Waals surface area (Å²) in [7, 11) is 3.18. The first-order chi connectivity index (χ1) is 8.26. The quantitative estimate of drug-likeness (QED) is 0.800. The van der Waals surface area contributed by atoms with Crippen LogP contribution in [0.1, 0.15) is 11.6 Å². The minimum absolute atomic E-state index is 0.0280. The van der Waals surface area contributed by atoms with Gasteiger partial charge in [-0.2, -0.15) is 0 Å². The normalized spacial score (nSPS) is 19.6. The van der Waals surface area contributed by atoms with Crippen LogP contribution in [0.2, 0.25) is 0 Å². The highest BCUT2D eigenvalue weighted by atomic mass is 16.5. The van der Waals surface area contributed by atoms with Crippen molar-refractivity contribution in [1.82, 2.24) is 10.6 Å². The van der Waals surface area contributed by atoms with Gasteiger partial charge in [-0.25, -0.2) is 0 Å². The molecule has 1 heterocycles. The Labute approximate surface area is 100 Å². The van der Waals surface area contributed by atoms with E-state index in [1.807, 2.05) is 12.1 Å². The topological polar surface area (TPSA) is 59.6 Å². The molecule has 1 amide bonds. The molecular formula is C12H16N2O3. The molecule has 1 aromatic rings. The molecule has 0 bridgehead atoms. The third-order valence-electron chi connectivity index (χ3n) is 2.79. The fraction of sp³-hybridized carbons (Fsp3) is 0.417. The van der Waals surface area contributed by atoms with Gasteiger partial charge in [0.2, 0.25) is 5.91 Å². The second-order valence-electron chi connectivity index (χ2n) is 3.79. The van der Waals surface area contributed by atoms with E-state index in [1.165, 1.54) is 0 Å². The van der Waals surface area contributed by atoms with Crippen LogP contribution in [-0.4, -0.2) is 33.2 Å². The van der Waals surface area contributed by atoms with E-state index in [2.05, 4.69) is 10.6 Å². The first-order valence-electron chi connectivity index (χ1n) is 5.49. The molecule has 0 radical (unpaired) electrons. The summed E-state index contributed by atoms with van der Waals surface area (Å²) in [5.41, 5.74) is 0.825. The molecule has 0 saturated carbocycles. The number of benzene rings is 1. The zero-order chi connectivity index (χ0) is 12.3. The molecule has 2 rings (SSSR count). The van der Waals surface area contributed by atoms with E-state index in [-0.39, 0.29) is 11.9 Å². The van der Waals surface area contributed by atoms with Gasteiger partial charge in [0.15, 0.2) is 0 Å². The summed E-state index contributed by atoms with van der Waals surface area (Å²) in [6.07, 6.45) is 0. The van der Waals surface area contributed by atoms with E-state index >= 15 is 0 Å². The van der Waals surface area contributed by atoms with E-state index in [0.29, 0.717) is 18.0 Å². The number of amides is 1. The third kappa shape index (κ3) is 2.34. The van der Waals surface area contributed by atoms with Gasteiger partial charge < -0.3 is 20.1 Å². The minimum atomic E-state index is -0.357. The number of piperazine rings is 1. The Balaban J connectivity index is 2.33. The maximum Gasteiger partial charge on any atom is 0.241 e. The highest BCUT2D eigenvalue weighted by molar-refractivity contribution is 5.84. The van der Waals surface area contributed by atoms with Crippen LogP contribution in [0.5, 0.6) is 11.5 Å². The van der Waals surface area contributed by atoms with Crippen molar-refractivity contribution >= 4 is 5.91 Å². The van der Waals surface area contributed by atoms with Crippen LogP contribution in [-0.2, 0) is 4.79 Å². The lowest BCUT2D eigenvalue weighted by Crippen LogP contribution is -2.47. The van der Waals surface area contributed by atoms with Crippen LogP contribution in [0.15, 0.2) is 18.2 Å². The van der Waals surface area contributed by atoms with Crippen molar-refractivity contribution in [1.29, 1.82) is 0 Å². The second kappa shape index (κ2) is 5.05. The van der Waals surface area contributed by atoms with Gasteiger partial charge in [-0.1, -0.05) is 0 Å². The average Bonchev–Trinajstić information content (AvgIpc) is 2.38. The van der Waals surface area contributed by atoms with Gasteiger partial charge >= 0.3 is 0 Å². The van der Waals surface area contributed by atoms with Crippen LogP contribution in [0.25, 0.3) is 0 Å². The van der Waals surface area contributed by atoms with Gasteiger partial charge in [0.05, 0.1) is 14.2 Å². The van der Waals surface area contributed by atoms with Crippen LogP contribution < -0.4 is 20.1 Å². The number of carbonyl (C=O) groups excluding carboxylic acids is 1. The van der Waals surface area contributed by atoms with E-state index in [9.17, 15) is 4.79 Å². The SMILES string of the molecule is COc1ccc([C@H]2NCCNC2=O)c(OC)c1. The van der Waals surface area contributed by atoms with E-state index in [1.54, 1.807) is 20.3 Å². The standard InChI is InChI=1S/C12H16N2O3/c1-16-8-3-4-9(10(7-8)17-2)11-12(15)14-6-5-13-11/h3-4,7,11,13H,5-6H2,1-2H3,(H,14,15)/t11-/m1/s1. The number of hydrogen-bond donors (Lipinski definition) is 2. The summed E-state index contributed by atoms with van der Waals surface area (Å²) in [4.78, 5) is 11.8. The molecule has 1 atom stereocenters. The van der Waals surface area contributed by atoms with Crippen LogP contribution in [0.3, 0.4) is 0 Å². The molecule has 92 valence electrons. The van der Waals surface area contributed by atoms with E-state index in [0.717, 1.165) is 12.1 Å². The lowest BCUT2D eigenvalue weighted by atomic mass is 10.0. The third-order valence-corrected chi connectivity index (χ3v) is 2.79. The number of carbonyl (C=O) groups is 1. The number of ether oxygens (including phenoxy) is 2. The van der Waals surface area contributed by atoms with Gasteiger partial charge in [0, 0.05) is 24.7 Å². The Bertz CT molecular complexity index is 420. The molecule has 0 unspecified atom stereocenters. The molecular weight excluding hydrogens is 220 g/mol. The molecule has 1 aliphatic rings. The van der Waals surface area contributed by atoms with Crippen molar-refractivity contribution in [2.24, 2.45) is 0 Å². The Morgan fingerprint density at radius 1 is 1.24 bits per heavy atom. The number of methoxy groups -OCH3 is 2. The van der Waals surface area contributed by atoms with E-state index in [4.69, 9.17) is 9.47 Å². The lowest BCUT2D eigenvalue weighted by Gasteiger charge is -2.25. The summed E-state index contributed by atoms with van der Waals surface area (Å²) in [6.45, 7) is 1.42. The molecule has 1 saturated heterocycles. The molecule has 0 spiro atoms. The fourth-order valence-corrected chi connectivity index (χ4v) is 1.91. The molecule has 2 N–H and O–H groups in total. The Kier molecular flexibility index (Phi) is 3.49. The Hall–Kier alpha value is -1.75. The smallest absolute Gasteiger partial charge is 0.241 e. The van der Waals surface area contributed by atoms with E-state index < -0.39 is 0 Å². The van der Waals surface area contributed by atoms with Gasteiger partial charge in [-0.05, 0) is 12.1 Å². The monoisotopic (exact) mass is 236 g/mol. The van der Waals surface area contributed by atoms with Gasteiger partial charge in [-0.3, -0.25) is 4.79 Å². The number of rotatable bonds is 3. The predicted molar refractivity (Wildman–Crippen MR) is 63.3 cm³/mol. The maximum absolute atomic E-state index is 11.8. The average molecular weight is 236 g/mol. The Morgan fingerprint density at radius 3 is 2.71 bits per heavy atom. The van der Waals surface area contributed by atoms with Crippen molar-refractivity contribution in [2.45, 2.75) is 6.04 Å². The van der Waals surface area contributed by atoms with Gasteiger partial charge in [-0.15, -0.1) is 0 Å². The zero-order valence-corrected chi connectivity index (χ0v) is 9.95. The number of hydrogen-bond acceptors (Lipinski definition) is 4. The first-order valence-corrected chi connectivity index (χ1v) is 5.49. The molecule has 1 aliphatic heterocycles. The summed E-state index contributed by atoms with van der Waals surface area (Å²) < 4.78 is 10.4. The van der Waals surface area contributed by atoms with Crippen molar-refractivity contribution in [3.05, 3.63) is 23.8 Å². The summed E-state index contributed by atoms with van der Waals surface area (Å²) in [6, 6.07) is 5.09. The van der Waals surface area contributed by atoms with Gasteiger partial charge in [0.1, 0.15) is 17.5 Å². The molecule has 1 fully saturated rings. The van der Waals surface area contributed by atoms with Crippen molar-refractivity contribution in [3.63, 3.8) is 0 Å². The van der Waals surface area contributed by atoms with Crippen LogP contribution in [0, 0.1) is 0 Å². The molecule has 0 aliphatic carbocycles. The van der Waals surface area contributed by atoms with Crippen molar-refractivity contribution in [2.75, 3.05) is 27.3 Å². The zero-order valence-electron chi connectivity index (χ0n) is 9.95. The molecule has 1 aromatic carbocycles.